The third-order valence-corrected chi connectivity index (χ3v) is 6.30. The molecule has 2 aromatic heterocycles. The first-order valence-corrected chi connectivity index (χ1v) is 11.2. The van der Waals surface area contributed by atoms with Gasteiger partial charge in [-0.25, -0.2) is 0 Å². The molecule has 0 atom stereocenters. The lowest BCUT2D eigenvalue weighted by atomic mass is 9.96. The number of hydrogen-bond donors (Lipinski definition) is 1. The quantitative estimate of drug-likeness (QED) is 0.309. The minimum Gasteiger partial charge on any atom is -0.496 e. The van der Waals surface area contributed by atoms with Gasteiger partial charge in [-0.15, -0.1) is 10.2 Å². The van der Waals surface area contributed by atoms with Crippen molar-refractivity contribution >= 4 is 62.1 Å². The average Bonchev–Trinajstić information content (AvgIpc) is 3.34. The number of allylic oxidation sites excluding steroid dienone is 1. The van der Waals surface area contributed by atoms with Crippen LogP contribution in [0.2, 0.25) is 10.0 Å². The van der Waals surface area contributed by atoms with Gasteiger partial charge in [0.25, 0.3) is 0 Å². The van der Waals surface area contributed by atoms with Crippen molar-refractivity contribution in [1.29, 1.82) is 0 Å². The highest BCUT2D eigenvalue weighted by atomic mass is 35.5. The van der Waals surface area contributed by atoms with E-state index in [0.29, 0.717) is 26.5 Å². The molecule has 4 rings (SSSR count). The number of ether oxygens (including phenoxy) is 1. The van der Waals surface area contributed by atoms with Crippen LogP contribution in [-0.4, -0.2) is 23.2 Å². The maximum Gasteiger partial charge on any atom is 0.250 e. The van der Waals surface area contributed by atoms with Gasteiger partial charge in [0.2, 0.25) is 11.0 Å². The van der Waals surface area contributed by atoms with Gasteiger partial charge in [-0.1, -0.05) is 40.6 Å². The minimum atomic E-state index is -0.299. The standard InChI is InChI=1S/C23H19Cl2N3O3S/c1-11(7-20(29)26-23-28-27-13(3)32-23)16-9-17-18(15-6-5-14(24)8-19(15)25)10-31-22(17)12(2)21(16)30-4/h5-10H,1-4H3,(H,26,28,29)/b11-7+. The van der Waals surface area contributed by atoms with Crippen LogP contribution in [-0.2, 0) is 4.79 Å². The predicted octanol–water partition coefficient (Wildman–Crippen LogP) is 6.93. The van der Waals surface area contributed by atoms with E-state index in [9.17, 15) is 4.79 Å². The number of furan rings is 1. The molecule has 2 aromatic carbocycles. The highest BCUT2D eigenvalue weighted by molar-refractivity contribution is 7.15. The smallest absolute Gasteiger partial charge is 0.250 e. The predicted molar refractivity (Wildman–Crippen MR) is 130 cm³/mol. The van der Waals surface area contributed by atoms with E-state index in [1.165, 1.54) is 17.4 Å². The number of aryl methyl sites for hydroxylation is 2. The first-order chi connectivity index (χ1) is 15.3. The summed E-state index contributed by atoms with van der Waals surface area (Å²) in [7, 11) is 1.59. The zero-order chi connectivity index (χ0) is 23.0. The van der Waals surface area contributed by atoms with Gasteiger partial charge in [-0.05, 0) is 44.5 Å². The molecule has 0 aliphatic rings. The zero-order valence-electron chi connectivity index (χ0n) is 17.7. The van der Waals surface area contributed by atoms with Crippen LogP contribution in [0.15, 0.2) is 41.0 Å². The molecule has 0 aliphatic carbocycles. The van der Waals surface area contributed by atoms with Crippen LogP contribution in [0.3, 0.4) is 0 Å². The summed E-state index contributed by atoms with van der Waals surface area (Å²) in [6.07, 6.45) is 3.18. The lowest BCUT2D eigenvalue weighted by molar-refractivity contribution is -0.111. The molecule has 164 valence electrons. The molecular weight excluding hydrogens is 469 g/mol. The van der Waals surface area contributed by atoms with E-state index in [0.717, 1.165) is 38.2 Å². The van der Waals surface area contributed by atoms with Crippen molar-refractivity contribution in [2.75, 3.05) is 12.4 Å². The Bertz CT molecular complexity index is 1370. The number of hydrogen-bond acceptors (Lipinski definition) is 6. The van der Waals surface area contributed by atoms with Crippen molar-refractivity contribution in [3.05, 3.63) is 62.8 Å². The second-order valence-corrected chi connectivity index (χ2v) is 9.20. The Hall–Kier alpha value is -2.87. The van der Waals surface area contributed by atoms with E-state index < -0.39 is 0 Å². The number of amides is 1. The van der Waals surface area contributed by atoms with Gasteiger partial charge in [-0.3, -0.25) is 10.1 Å². The van der Waals surface area contributed by atoms with E-state index >= 15 is 0 Å². The lowest BCUT2D eigenvalue weighted by Gasteiger charge is -2.13. The molecule has 6 nitrogen and oxygen atoms in total. The molecule has 1 amide bonds. The summed E-state index contributed by atoms with van der Waals surface area (Å²) in [5.74, 6) is 0.334. The summed E-state index contributed by atoms with van der Waals surface area (Å²) in [5, 5.41) is 13.7. The fraction of sp³-hybridized carbons (Fsp3) is 0.174. The normalized spacial score (nSPS) is 11.8. The number of nitrogens with zero attached hydrogens (tertiary/aromatic N) is 2. The Morgan fingerprint density at radius 3 is 2.62 bits per heavy atom. The molecular formula is C23H19Cl2N3O3S. The third-order valence-electron chi connectivity index (χ3n) is 5.00. The lowest BCUT2D eigenvalue weighted by Crippen LogP contribution is -2.08. The number of anilines is 1. The van der Waals surface area contributed by atoms with Crippen LogP contribution in [0.4, 0.5) is 5.13 Å². The Morgan fingerprint density at radius 1 is 1.19 bits per heavy atom. The molecule has 32 heavy (non-hydrogen) atoms. The Morgan fingerprint density at radius 2 is 1.97 bits per heavy atom. The van der Waals surface area contributed by atoms with Gasteiger partial charge in [-0.2, -0.15) is 0 Å². The van der Waals surface area contributed by atoms with E-state index in [1.807, 2.05) is 32.9 Å². The van der Waals surface area contributed by atoms with E-state index in [2.05, 4.69) is 15.5 Å². The molecule has 0 aliphatic heterocycles. The highest BCUT2D eigenvalue weighted by Gasteiger charge is 2.20. The number of fused-ring (bicyclic) bond motifs is 1. The second kappa shape index (κ2) is 8.94. The van der Waals surface area contributed by atoms with Crippen LogP contribution < -0.4 is 10.1 Å². The topological polar surface area (TPSA) is 77.2 Å². The summed E-state index contributed by atoms with van der Waals surface area (Å²) in [6.45, 7) is 5.59. The van der Waals surface area contributed by atoms with Crippen molar-refractivity contribution in [1.82, 2.24) is 10.2 Å². The molecule has 0 saturated heterocycles. The summed E-state index contributed by atoms with van der Waals surface area (Å²) < 4.78 is 11.5. The van der Waals surface area contributed by atoms with Gasteiger partial charge in [0, 0.05) is 38.7 Å². The summed E-state index contributed by atoms with van der Waals surface area (Å²) in [4.78, 5) is 12.5. The number of halogens is 2. The number of carbonyl (C=O) groups is 1. The van der Waals surface area contributed by atoms with Crippen molar-refractivity contribution in [2.24, 2.45) is 0 Å². The monoisotopic (exact) mass is 487 g/mol. The molecule has 0 fully saturated rings. The molecule has 2 heterocycles. The molecule has 0 spiro atoms. The van der Waals surface area contributed by atoms with Crippen LogP contribution in [0, 0.1) is 13.8 Å². The van der Waals surface area contributed by atoms with Gasteiger partial charge < -0.3 is 9.15 Å². The second-order valence-electron chi connectivity index (χ2n) is 7.18. The molecule has 0 saturated carbocycles. The highest BCUT2D eigenvalue weighted by Crippen LogP contribution is 2.42. The fourth-order valence-electron chi connectivity index (χ4n) is 3.55. The molecule has 0 radical (unpaired) electrons. The van der Waals surface area contributed by atoms with Crippen molar-refractivity contribution in [3.63, 3.8) is 0 Å². The van der Waals surface area contributed by atoms with E-state index in [4.69, 9.17) is 32.4 Å². The molecule has 4 aromatic rings. The van der Waals surface area contributed by atoms with E-state index in [1.54, 1.807) is 25.5 Å². The van der Waals surface area contributed by atoms with Crippen LogP contribution in [0.1, 0.15) is 23.1 Å². The van der Waals surface area contributed by atoms with Crippen LogP contribution in [0.25, 0.3) is 27.7 Å². The van der Waals surface area contributed by atoms with E-state index in [-0.39, 0.29) is 5.91 Å². The largest absolute Gasteiger partial charge is 0.496 e. The number of benzene rings is 2. The maximum absolute atomic E-state index is 12.5. The Kier molecular flexibility index (Phi) is 6.24. The Balaban J connectivity index is 1.80. The molecule has 1 N–H and O–H groups in total. The first kappa shape index (κ1) is 22.3. The number of methoxy groups -OCH3 is 1. The van der Waals surface area contributed by atoms with Crippen molar-refractivity contribution < 1.29 is 13.9 Å². The average molecular weight is 488 g/mol. The Labute approximate surface area is 198 Å². The number of carbonyl (C=O) groups excluding carboxylic acids is 1. The third kappa shape index (κ3) is 4.24. The minimum absolute atomic E-state index is 0.299. The van der Waals surface area contributed by atoms with Gasteiger partial charge in [0.05, 0.1) is 18.4 Å². The number of aromatic nitrogens is 2. The summed E-state index contributed by atoms with van der Waals surface area (Å²) in [5.41, 5.74) is 4.64. The summed E-state index contributed by atoms with van der Waals surface area (Å²) >= 11 is 13.8. The summed E-state index contributed by atoms with van der Waals surface area (Å²) in [6, 6.07) is 7.27. The first-order valence-electron chi connectivity index (χ1n) is 9.62. The van der Waals surface area contributed by atoms with Crippen molar-refractivity contribution in [3.8, 4) is 16.9 Å². The van der Waals surface area contributed by atoms with Crippen molar-refractivity contribution in [2.45, 2.75) is 20.8 Å². The van der Waals surface area contributed by atoms with Crippen LogP contribution in [0.5, 0.6) is 5.75 Å². The fourth-order valence-corrected chi connectivity index (χ4v) is 4.66. The van der Waals surface area contributed by atoms with Gasteiger partial charge in [0.1, 0.15) is 16.3 Å². The molecule has 9 heteroatoms. The van der Waals surface area contributed by atoms with Gasteiger partial charge >= 0.3 is 0 Å². The SMILES string of the molecule is COc1c(/C(C)=C/C(=O)Nc2nnc(C)s2)cc2c(-c3ccc(Cl)cc3Cl)coc2c1C. The maximum atomic E-state index is 12.5. The van der Waals surface area contributed by atoms with Gasteiger partial charge in [0.15, 0.2) is 0 Å². The molecule has 0 bridgehead atoms. The molecule has 0 unspecified atom stereocenters. The zero-order valence-corrected chi connectivity index (χ0v) is 20.1. The van der Waals surface area contributed by atoms with Crippen LogP contribution >= 0.6 is 34.5 Å². The number of rotatable bonds is 5. The number of nitrogens with one attached hydrogen (secondary N) is 1.